The Bertz CT molecular complexity index is 1390. The number of hydrogen-bond acceptors (Lipinski definition) is 6. The molecule has 0 fully saturated rings. The van der Waals surface area contributed by atoms with Crippen LogP contribution in [-0.2, 0) is 18.4 Å². The van der Waals surface area contributed by atoms with Gasteiger partial charge in [0.1, 0.15) is 11.6 Å². The summed E-state index contributed by atoms with van der Waals surface area (Å²) in [5, 5.41) is 19.7. The van der Waals surface area contributed by atoms with E-state index in [4.69, 9.17) is 11.6 Å². The SMILES string of the molecule is C=C(C(=O)O)c1cccc(-c2cnc(Nc3ccc(F)c(Cl)c3)nc2NCc2cnn(C)c2)c1. The van der Waals surface area contributed by atoms with Crippen LogP contribution in [0.1, 0.15) is 11.1 Å². The van der Waals surface area contributed by atoms with Crippen molar-refractivity contribution in [2.24, 2.45) is 7.05 Å². The molecular formula is C24H20ClFN6O2. The minimum Gasteiger partial charge on any atom is -0.478 e. The highest BCUT2D eigenvalue weighted by molar-refractivity contribution is 6.31. The highest BCUT2D eigenvalue weighted by Crippen LogP contribution is 2.30. The van der Waals surface area contributed by atoms with Gasteiger partial charge < -0.3 is 15.7 Å². The van der Waals surface area contributed by atoms with Crippen molar-refractivity contribution < 1.29 is 14.3 Å². The van der Waals surface area contributed by atoms with Crippen molar-refractivity contribution in [3.8, 4) is 11.1 Å². The number of aliphatic carboxylic acids is 1. The normalized spacial score (nSPS) is 10.7. The number of benzene rings is 2. The Morgan fingerprint density at radius 3 is 2.76 bits per heavy atom. The number of nitrogens with zero attached hydrogens (tertiary/aromatic N) is 4. The fourth-order valence-corrected chi connectivity index (χ4v) is 3.42. The number of carboxylic acid groups (broad SMARTS) is 1. The van der Waals surface area contributed by atoms with Crippen LogP contribution in [0.3, 0.4) is 0 Å². The van der Waals surface area contributed by atoms with E-state index in [2.05, 4.69) is 32.3 Å². The molecule has 0 aliphatic heterocycles. The second-order valence-electron chi connectivity index (χ2n) is 7.45. The summed E-state index contributed by atoms with van der Waals surface area (Å²) in [5.41, 5.74) is 3.30. The van der Waals surface area contributed by atoms with Gasteiger partial charge in [0.25, 0.3) is 0 Å². The van der Waals surface area contributed by atoms with E-state index >= 15 is 0 Å². The van der Waals surface area contributed by atoms with Crippen molar-refractivity contribution in [3.63, 3.8) is 0 Å². The van der Waals surface area contributed by atoms with Gasteiger partial charge in [0, 0.05) is 42.8 Å². The number of nitrogens with one attached hydrogen (secondary N) is 2. The van der Waals surface area contributed by atoms with E-state index in [0.29, 0.717) is 34.7 Å². The van der Waals surface area contributed by atoms with Crippen LogP contribution >= 0.6 is 11.6 Å². The molecule has 0 bridgehead atoms. The molecule has 4 aromatic rings. The first kappa shape index (κ1) is 22.9. The number of rotatable bonds is 8. The predicted molar refractivity (Wildman–Crippen MR) is 129 cm³/mol. The van der Waals surface area contributed by atoms with Gasteiger partial charge in [-0.1, -0.05) is 36.4 Å². The third kappa shape index (κ3) is 5.21. The maximum absolute atomic E-state index is 13.5. The monoisotopic (exact) mass is 478 g/mol. The first-order chi connectivity index (χ1) is 16.3. The molecule has 8 nitrogen and oxygen atoms in total. The number of aromatic nitrogens is 4. The van der Waals surface area contributed by atoms with Gasteiger partial charge in [-0.05, 0) is 35.4 Å². The van der Waals surface area contributed by atoms with Gasteiger partial charge in [-0.15, -0.1) is 0 Å². The van der Waals surface area contributed by atoms with E-state index in [1.54, 1.807) is 35.3 Å². The quantitative estimate of drug-likeness (QED) is 0.302. The lowest BCUT2D eigenvalue weighted by molar-refractivity contribution is -0.130. The molecule has 172 valence electrons. The number of halogens is 2. The summed E-state index contributed by atoms with van der Waals surface area (Å²) in [6.07, 6.45) is 5.24. The molecule has 2 aromatic heterocycles. The zero-order chi connectivity index (χ0) is 24.2. The van der Waals surface area contributed by atoms with Crippen LogP contribution in [0.5, 0.6) is 0 Å². The average molecular weight is 479 g/mol. The van der Waals surface area contributed by atoms with Crippen LogP contribution < -0.4 is 10.6 Å². The van der Waals surface area contributed by atoms with Crippen molar-refractivity contribution in [1.29, 1.82) is 0 Å². The van der Waals surface area contributed by atoms with Gasteiger partial charge >= 0.3 is 5.97 Å². The lowest BCUT2D eigenvalue weighted by atomic mass is 10.0. The molecule has 0 saturated heterocycles. The molecule has 10 heteroatoms. The van der Waals surface area contributed by atoms with Gasteiger partial charge in [-0.3, -0.25) is 4.68 Å². The molecule has 0 spiro atoms. The lowest BCUT2D eigenvalue weighted by Crippen LogP contribution is -2.06. The Morgan fingerprint density at radius 1 is 1.24 bits per heavy atom. The first-order valence-corrected chi connectivity index (χ1v) is 10.5. The van der Waals surface area contributed by atoms with E-state index in [9.17, 15) is 14.3 Å². The second-order valence-corrected chi connectivity index (χ2v) is 7.86. The zero-order valence-corrected chi connectivity index (χ0v) is 18.8. The molecule has 0 saturated carbocycles. The van der Waals surface area contributed by atoms with E-state index in [-0.39, 0.29) is 16.5 Å². The van der Waals surface area contributed by atoms with Gasteiger partial charge in [-0.25, -0.2) is 14.2 Å². The molecule has 2 aromatic carbocycles. The van der Waals surface area contributed by atoms with Crippen molar-refractivity contribution in [1.82, 2.24) is 19.7 Å². The summed E-state index contributed by atoms with van der Waals surface area (Å²) in [6, 6.07) is 11.2. The van der Waals surface area contributed by atoms with Crippen molar-refractivity contribution in [2.75, 3.05) is 10.6 Å². The summed E-state index contributed by atoms with van der Waals surface area (Å²) in [6.45, 7) is 4.08. The fraction of sp³-hybridized carbons (Fsp3) is 0.0833. The molecule has 3 N–H and O–H groups in total. The number of aryl methyl sites for hydroxylation is 1. The van der Waals surface area contributed by atoms with Gasteiger partial charge in [0.2, 0.25) is 5.95 Å². The molecule has 0 aliphatic carbocycles. The van der Waals surface area contributed by atoms with E-state index < -0.39 is 11.8 Å². The van der Waals surface area contributed by atoms with Crippen LogP contribution in [0.2, 0.25) is 5.02 Å². The Balaban J connectivity index is 1.69. The van der Waals surface area contributed by atoms with Crippen molar-refractivity contribution >= 4 is 40.6 Å². The first-order valence-electron chi connectivity index (χ1n) is 10.1. The van der Waals surface area contributed by atoms with Crippen LogP contribution in [0.15, 0.2) is 67.6 Å². The van der Waals surface area contributed by atoms with Gasteiger partial charge in [0.05, 0.1) is 16.8 Å². The third-order valence-corrected chi connectivity index (χ3v) is 5.25. The van der Waals surface area contributed by atoms with Crippen LogP contribution in [0.25, 0.3) is 16.7 Å². The highest BCUT2D eigenvalue weighted by Gasteiger charge is 2.14. The summed E-state index contributed by atoms with van der Waals surface area (Å²) < 4.78 is 15.2. The van der Waals surface area contributed by atoms with Gasteiger partial charge in [-0.2, -0.15) is 10.1 Å². The Labute approximate surface area is 199 Å². The van der Waals surface area contributed by atoms with E-state index in [1.165, 1.54) is 18.2 Å². The topological polar surface area (TPSA) is 105 Å². The maximum Gasteiger partial charge on any atom is 0.335 e. The highest BCUT2D eigenvalue weighted by atomic mass is 35.5. The van der Waals surface area contributed by atoms with E-state index in [1.807, 2.05) is 19.3 Å². The molecular weight excluding hydrogens is 459 g/mol. The number of carbonyl (C=O) groups is 1. The smallest absolute Gasteiger partial charge is 0.335 e. The standard InChI is InChI=1S/C24H20ClFN6O2/c1-14(23(33)34)16-4-3-5-17(8-16)19-12-28-24(30-18-6-7-21(26)20(25)9-18)31-22(19)27-10-15-11-29-32(2)13-15/h3-9,11-13H,1,10H2,2H3,(H,33,34)(H2,27,28,30,31). The van der Waals surface area contributed by atoms with Crippen LogP contribution in [0, 0.1) is 5.82 Å². The van der Waals surface area contributed by atoms with Crippen LogP contribution in [0.4, 0.5) is 21.8 Å². The summed E-state index contributed by atoms with van der Waals surface area (Å²) >= 11 is 5.87. The molecule has 0 atom stereocenters. The average Bonchev–Trinajstić information content (AvgIpc) is 3.25. The molecule has 0 aliphatic rings. The molecule has 4 rings (SSSR count). The molecule has 0 radical (unpaired) electrons. The molecule has 0 amide bonds. The molecule has 0 unspecified atom stereocenters. The maximum atomic E-state index is 13.5. The lowest BCUT2D eigenvalue weighted by Gasteiger charge is -2.14. The van der Waals surface area contributed by atoms with Gasteiger partial charge in [0.15, 0.2) is 0 Å². The Morgan fingerprint density at radius 2 is 2.06 bits per heavy atom. The second kappa shape index (κ2) is 9.72. The minimum atomic E-state index is -1.10. The summed E-state index contributed by atoms with van der Waals surface area (Å²) in [7, 11) is 1.83. The largest absolute Gasteiger partial charge is 0.478 e. The van der Waals surface area contributed by atoms with E-state index in [0.717, 1.165) is 5.56 Å². The van der Waals surface area contributed by atoms with Crippen LogP contribution in [-0.4, -0.2) is 30.8 Å². The van der Waals surface area contributed by atoms with Crippen molar-refractivity contribution in [3.05, 3.63) is 89.6 Å². The predicted octanol–water partition coefficient (Wildman–Crippen LogP) is 5.12. The number of anilines is 3. The number of carboxylic acids is 1. The zero-order valence-electron chi connectivity index (χ0n) is 18.1. The van der Waals surface area contributed by atoms with Crippen molar-refractivity contribution in [2.45, 2.75) is 6.54 Å². The molecule has 34 heavy (non-hydrogen) atoms. The third-order valence-electron chi connectivity index (χ3n) is 4.96. The summed E-state index contributed by atoms with van der Waals surface area (Å²) in [5.74, 6) is -0.843. The Hall–Kier alpha value is -4.24. The Kier molecular flexibility index (Phi) is 6.55. The molecule has 2 heterocycles. The fourth-order valence-electron chi connectivity index (χ4n) is 3.24. The minimum absolute atomic E-state index is 0.0147. The summed E-state index contributed by atoms with van der Waals surface area (Å²) in [4.78, 5) is 20.3. The number of hydrogen-bond donors (Lipinski definition) is 3.